The Balaban J connectivity index is 4.31. The molecular weight excluding hydrogens is 208 g/mol. The third-order valence-electron chi connectivity index (χ3n) is 2.37. The Morgan fingerprint density at radius 3 is 1.86 bits per heavy atom. The second-order valence-electron chi connectivity index (χ2n) is 4.87. The summed E-state index contributed by atoms with van der Waals surface area (Å²) in [4.78, 5) is 0. The van der Waals surface area contributed by atoms with Gasteiger partial charge in [0.2, 0.25) is 0 Å². The molecule has 0 heterocycles. The molecule has 0 N–H and O–H groups in total. The fourth-order valence-electron chi connectivity index (χ4n) is 2.19. The Bertz CT molecular complexity index is 192. The summed E-state index contributed by atoms with van der Waals surface area (Å²) >= 11 is 5.76. The number of hydrogen-bond acceptors (Lipinski definition) is 0. The molecule has 0 aromatic rings. The summed E-state index contributed by atoms with van der Waals surface area (Å²) < 4.78 is 0. The van der Waals surface area contributed by atoms with Crippen LogP contribution in [0.4, 0.5) is 0 Å². The van der Waals surface area contributed by atoms with E-state index in [2.05, 4.69) is 33.6 Å². The molecule has 0 rings (SSSR count). The van der Waals surface area contributed by atoms with Crippen molar-refractivity contribution in [3.8, 4) is 0 Å². The first kappa shape index (κ1) is 14.0. The highest BCUT2D eigenvalue weighted by Crippen LogP contribution is 2.28. The van der Waals surface area contributed by atoms with E-state index in [1.807, 2.05) is 0 Å². The second-order valence-corrected chi connectivity index (χ2v) is 10.1. The maximum absolute atomic E-state index is 5.76. The first-order chi connectivity index (χ1) is 6.39. The molecule has 0 aliphatic heterocycles. The van der Waals surface area contributed by atoms with E-state index in [1.165, 1.54) is 29.3 Å². The van der Waals surface area contributed by atoms with Gasteiger partial charge in [0.1, 0.15) is 0 Å². The molecule has 0 saturated carbocycles. The zero-order valence-electron chi connectivity index (χ0n) is 9.83. The molecule has 2 heteroatoms. The van der Waals surface area contributed by atoms with Gasteiger partial charge in [-0.2, -0.15) is 0 Å². The van der Waals surface area contributed by atoms with E-state index in [4.69, 9.17) is 11.6 Å². The lowest BCUT2D eigenvalue weighted by Crippen LogP contribution is -2.30. The van der Waals surface area contributed by atoms with Crippen molar-refractivity contribution < 1.29 is 0 Å². The van der Waals surface area contributed by atoms with Gasteiger partial charge in [-0.3, -0.25) is 0 Å². The Morgan fingerprint density at radius 1 is 1.14 bits per heavy atom. The lowest BCUT2D eigenvalue weighted by atomic mass is 10.4. The highest BCUT2D eigenvalue weighted by molar-refractivity contribution is 6.79. The molecule has 0 amide bonds. The molecular formula is C12H23ClSi. The Morgan fingerprint density at radius 2 is 1.57 bits per heavy atom. The Labute approximate surface area is 95.1 Å². The van der Waals surface area contributed by atoms with Gasteiger partial charge in [-0.1, -0.05) is 23.7 Å². The van der Waals surface area contributed by atoms with Crippen molar-refractivity contribution in [3.63, 3.8) is 0 Å². The molecule has 0 aliphatic carbocycles. The molecule has 82 valence electrons. The van der Waals surface area contributed by atoms with E-state index in [0.717, 1.165) is 12.3 Å². The van der Waals surface area contributed by atoms with Crippen LogP contribution >= 0.6 is 11.6 Å². The largest absolute Gasteiger partial charge is 0.127 e. The highest BCUT2D eigenvalue weighted by atomic mass is 35.5. The Hall–Kier alpha value is -0.0131. The lowest BCUT2D eigenvalue weighted by molar-refractivity contribution is 1.03. The van der Waals surface area contributed by atoms with E-state index in [-0.39, 0.29) is 0 Å². The molecule has 0 unspecified atom stereocenters. The van der Waals surface area contributed by atoms with Crippen LogP contribution in [-0.2, 0) is 0 Å². The van der Waals surface area contributed by atoms with Gasteiger partial charge in [0.25, 0.3) is 0 Å². The smallest absolute Gasteiger partial charge is 0.0585 e. The summed E-state index contributed by atoms with van der Waals surface area (Å²) in [5, 5.41) is 0. The summed E-state index contributed by atoms with van der Waals surface area (Å²) in [7, 11) is -1.18. The average molecular weight is 231 g/mol. The minimum atomic E-state index is -1.18. The number of halogens is 1. The summed E-state index contributed by atoms with van der Waals surface area (Å²) in [5.41, 5.74) is 2.63. The molecule has 0 bridgehead atoms. The van der Waals surface area contributed by atoms with Crippen LogP contribution in [0, 0.1) is 0 Å². The van der Waals surface area contributed by atoms with E-state index in [1.54, 1.807) is 0 Å². The van der Waals surface area contributed by atoms with Crippen LogP contribution in [-0.4, -0.2) is 14.0 Å². The summed E-state index contributed by atoms with van der Waals surface area (Å²) in [6.45, 7) is 14.8. The second kappa shape index (κ2) is 6.47. The standard InChI is InChI=1S/C12H23ClSi/c1-11(2)9-14(5,8-6-7-13)10-12(3)4/h1,3,6-10H2,2,4-5H3. The molecule has 0 atom stereocenters. The number of allylic oxidation sites excluding steroid dienone is 2. The summed E-state index contributed by atoms with van der Waals surface area (Å²) in [6, 6.07) is 3.74. The highest BCUT2D eigenvalue weighted by Gasteiger charge is 2.26. The zero-order valence-corrected chi connectivity index (χ0v) is 11.6. The minimum absolute atomic E-state index is 0.787. The van der Waals surface area contributed by atoms with Gasteiger partial charge in [0, 0.05) is 5.88 Å². The Kier molecular flexibility index (Phi) is 6.46. The molecule has 0 aliphatic rings. The van der Waals surface area contributed by atoms with Gasteiger partial charge in [-0.25, -0.2) is 0 Å². The van der Waals surface area contributed by atoms with E-state index >= 15 is 0 Å². The van der Waals surface area contributed by atoms with E-state index < -0.39 is 8.07 Å². The van der Waals surface area contributed by atoms with Gasteiger partial charge in [-0.05, 0) is 32.4 Å². The van der Waals surface area contributed by atoms with Crippen molar-refractivity contribution in [2.24, 2.45) is 0 Å². The SMILES string of the molecule is C=C(C)C[Si](C)(CCCCl)CC(=C)C. The summed E-state index contributed by atoms with van der Waals surface area (Å²) in [5.74, 6) is 0.787. The first-order valence-corrected chi connectivity index (χ1v) is 8.90. The molecule has 0 spiro atoms. The third kappa shape index (κ3) is 6.44. The fraction of sp³-hybridized carbons (Fsp3) is 0.667. The number of rotatable bonds is 7. The average Bonchev–Trinajstić information content (AvgIpc) is 1.97. The summed E-state index contributed by atoms with van der Waals surface area (Å²) in [6.07, 6.45) is 1.14. The molecule has 0 aromatic heterocycles. The first-order valence-electron chi connectivity index (χ1n) is 5.24. The third-order valence-corrected chi connectivity index (χ3v) is 7.11. The predicted molar refractivity (Wildman–Crippen MR) is 71.0 cm³/mol. The predicted octanol–water partition coefficient (Wildman–Crippen LogP) is 4.85. The fourth-order valence-corrected chi connectivity index (χ4v) is 6.97. The van der Waals surface area contributed by atoms with Crippen molar-refractivity contribution in [1.82, 2.24) is 0 Å². The van der Waals surface area contributed by atoms with Gasteiger partial charge >= 0.3 is 0 Å². The van der Waals surface area contributed by atoms with Crippen molar-refractivity contribution in [2.45, 2.75) is 44.9 Å². The zero-order chi connectivity index (χ0) is 11.2. The van der Waals surface area contributed by atoms with Gasteiger partial charge in [0.15, 0.2) is 0 Å². The minimum Gasteiger partial charge on any atom is -0.127 e. The molecule has 0 aromatic carbocycles. The van der Waals surface area contributed by atoms with Crippen LogP contribution in [0.15, 0.2) is 24.3 Å². The van der Waals surface area contributed by atoms with Crippen molar-refractivity contribution in [3.05, 3.63) is 24.3 Å². The van der Waals surface area contributed by atoms with Crippen molar-refractivity contribution in [2.75, 3.05) is 5.88 Å². The van der Waals surface area contributed by atoms with Crippen molar-refractivity contribution >= 4 is 19.7 Å². The van der Waals surface area contributed by atoms with E-state index in [9.17, 15) is 0 Å². The maximum atomic E-state index is 5.76. The number of hydrogen-bond donors (Lipinski definition) is 0. The van der Waals surface area contributed by atoms with Gasteiger partial charge in [-0.15, -0.1) is 24.8 Å². The van der Waals surface area contributed by atoms with Crippen LogP contribution in [0.1, 0.15) is 20.3 Å². The molecule has 0 saturated heterocycles. The van der Waals surface area contributed by atoms with Crippen LogP contribution in [0.3, 0.4) is 0 Å². The molecule has 0 fully saturated rings. The molecule has 0 nitrogen and oxygen atoms in total. The van der Waals surface area contributed by atoms with Gasteiger partial charge < -0.3 is 0 Å². The normalized spacial score (nSPS) is 11.4. The number of alkyl halides is 1. The topological polar surface area (TPSA) is 0 Å². The van der Waals surface area contributed by atoms with Crippen LogP contribution in [0.25, 0.3) is 0 Å². The monoisotopic (exact) mass is 230 g/mol. The quantitative estimate of drug-likeness (QED) is 0.333. The van der Waals surface area contributed by atoms with Crippen LogP contribution in [0.2, 0.25) is 24.7 Å². The van der Waals surface area contributed by atoms with Crippen LogP contribution in [0.5, 0.6) is 0 Å². The molecule has 14 heavy (non-hydrogen) atoms. The van der Waals surface area contributed by atoms with Crippen LogP contribution < -0.4 is 0 Å². The van der Waals surface area contributed by atoms with Crippen molar-refractivity contribution in [1.29, 1.82) is 0 Å². The lowest BCUT2D eigenvalue weighted by Gasteiger charge is -2.27. The maximum Gasteiger partial charge on any atom is 0.0585 e. The van der Waals surface area contributed by atoms with Gasteiger partial charge in [0.05, 0.1) is 8.07 Å². The van der Waals surface area contributed by atoms with E-state index in [0.29, 0.717) is 0 Å². The molecule has 0 radical (unpaired) electrons.